The third-order valence-corrected chi connectivity index (χ3v) is 5.24. The number of likely N-dealkylation sites (tertiary alicyclic amines) is 1. The molecule has 2 aliphatic rings. The second-order valence-corrected chi connectivity index (χ2v) is 6.99. The van der Waals surface area contributed by atoms with E-state index < -0.39 is 0 Å². The fourth-order valence-corrected chi connectivity index (χ4v) is 3.78. The zero-order chi connectivity index (χ0) is 17.9. The van der Waals surface area contributed by atoms with Gasteiger partial charge >= 0.3 is 0 Å². The van der Waals surface area contributed by atoms with E-state index >= 15 is 0 Å². The van der Waals surface area contributed by atoms with E-state index in [9.17, 15) is 9.59 Å². The minimum Gasteiger partial charge on any atom is -0.487 e. The molecule has 2 N–H and O–H groups in total. The Hall–Kier alpha value is -2.08. The normalized spacial score (nSPS) is 21.9. The summed E-state index contributed by atoms with van der Waals surface area (Å²) in [7, 11) is 0. The Balaban J connectivity index is 1.75. The predicted molar refractivity (Wildman–Crippen MR) is 95.3 cm³/mol. The molecule has 2 amide bonds. The molecule has 6 heteroatoms. The first kappa shape index (κ1) is 17.7. The van der Waals surface area contributed by atoms with Gasteiger partial charge in [-0.1, -0.05) is 25.1 Å². The Labute approximate surface area is 148 Å². The maximum Gasteiger partial charge on any atom is 0.239 e. The van der Waals surface area contributed by atoms with Gasteiger partial charge in [0.05, 0.1) is 12.6 Å². The molecule has 2 aliphatic heterocycles. The molecule has 6 nitrogen and oxygen atoms in total. The third kappa shape index (κ3) is 4.12. The summed E-state index contributed by atoms with van der Waals surface area (Å²) in [6, 6.07) is 7.84. The summed E-state index contributed by atoms with van der Waals surface area (Å²) in [5.41, 5.74) is 0.800. The van der Waals surface area contributed by atoms with Gasteiger partial charge in [-0.3, -0.25) is 9.59 Å². The first-order valence-electron chi connectivity index (χ1n) is 9.05. The van der Waals surface area contributed by atoms with Crippen molar-refractivity contribution in [3.05, 3.63) is 29.8 Å². The minimum absolute atomic E-state index is 0.00543. The van der Waals surface area contributed by atoms with Crippen molar-refractivity contribution in [2.24, 2.45) is 0 Å². The lowest BCUT2D eigenvalue weighted by molar-refractivity contribution is -0.126. The molecule has 25 heavy (non-hydrogen) atoms. The molecule has 3 rings (SSSR count). The fourth-order valence-electron chi connectivity index (χ4n) is 3.78. The number of nitrogens with zero attached hydrogens (tertiary/aromatic N) is 1. The molecule has 1 aromatic rings. The van der Waals surface area contributed by atoms with Crippen LogP contribution >= 0.6 is 0 Å². The first-order chi connectivity index (χ1) is 12.0. The summed E-state index contributed by atoms with van der Waals surface area (Å²) >= 11 is 0. The van der Waals surface area contributed by atoms with Gasteiger partial charge in [-0.15, -0.1) is 0 Å². The van der Waals surface area contributed by atoms with Crippen LogP contribution in [0.2, 0.25) is 0 Å². The van der Waals surface area contributed by atoms with Crippen molar-refractivity contribution in [1.29, 1.82) is 0 Å². The van der Waals surface area contributed by atoms with Crippen LogP contribution in [-0.2, 0) is 9.59 Å². The number of hydrogen-bond acceptors (Lipinski definition) is 4. The summed E-state index contributed by atoms with van der Waals surface area (Å²) in [6.07, 6.45) is 2.70. The van der Waals surface area contributed by atoms with Gasteiger partial charge in [0.25, 0.3) is 0 Å². The summed E-state index contributed by atoms with van der Waals surface area (Å²) in [5.74, 6) is 0.493. The fraction of sp³-hybridized carbons (Fsp3) is 0.579. The average molecular weight is 345 g/mol. The molecule has 1 atom stereocenters. The van der Waals surface area contributed by atoms with E-state index in [0.29, 0.717) is 0 Å². The largest absolute Gasteiger partial charge is 0.487 e. The Bertz CT molecular complexity index is 639. The average Bonchev–Trinajstić information content (AvgIpc) is 2.60. The van der Waals surface area contributed by atoms with Crippen LogP contribution in [0.5, 0.6) is 5.75 Å². The molecule has 1 unspecified atom stereocenters. The third-order valence-electron chi connectivity index (χ3n) is 5.24. The zero-order valence-corrected chi connectivity index (χ0v) is 15.0. The van der Waals surface area contributed by atoms with Crippen molar-refractivity contribution in [3.8, 4) is 5.75 Å². The van der Waals surface area contributed by atoms with E-state index in [1.165, 1.54) is 6.92 Å². The van der Waals surface area contributed by atoms with Crippen LogP contribution in [0.25, 0.3) is 0 Å². The van der Waals surface area contributed by atoms with Crippen LogP contribution in [0.15, 0.2) is 24.3 Å². The number of carbonyl (C=O) groups excluding carboxylic acids is 2. The van der Waals surface area contributed by atoms with Gasteiger partial charge in [-0.25, -0.2) is 0 Å². The van der Waals surface area contributed by atoms with E-state index in [-0.39, 0.29) is 30.0 Å². The quantitative estimate of drug-likeness (QED) is 0.870. The highest BCUT2D eigenvalue weighted by atomic mass is 16.5. The lowest BCUT2D eigenvalue weighted by Gasteiger charge is -2.46. The van der Waals surface area contributed by atoms with Gasteiger partial charge in [-0.05, 0) is 25.5 Å². The van der Waals surface area contributed by atoms with E-state index in [1.807, 2.05) is 24.3 Å². The summed E-state index contributed by atoms with van der Waals surface area (Å²) in [5, 5.41) is 5.63. The summed E-state index contributed by atoms with van der Waals surface area (Å²) in [4.78, 5) is 25.7. The SMILES string of the molecule is CCN1CCC2(CC1)CC(NC(=O)CNC(C)=O)c1ccccc1O2. The molecule has 0 radical (unpaired) electrons. The number of benzene rings is 1. The molecule has 2 heterocycles. The van der Waals surface area contributed by atoms with E-state index in [0.717, 1.165) is 50.2 Å². The highest BCUT2D eigenvalue weighted by molar-refractivity contribution is 5.83. The van der Waals surface area contributed by atoms with Crippen molar-refractivity contribution in [1.82, 2.24) is 15.5 Å². The van der Waals surface area contributed by atoms with Crippen LogP contribution < -0.4 is 15.4 Å². The van der Waals surface area contributed by atoms with Crippen molar-refractivity contribution >= 4 is 11.8 Å². The lowest BCUT2D eigenvalue weighted by Crippen LogP contribution is -2.52. The van der Waals surface area contributed by atoms with Crippen molar-refractivity contribution in [2.75, 3.05) is 26.2 Å². The highest BCUT2D eigenvalue weighted by Gasteiger charge is 2.43. The van der Waals surface area contributed by atoms with Crippen LogP contribution in [0.4, 0.5) is 0 Å². The number of rotatable bonds is 4. The van der Waals surface area contributed by atoms with Crippen molar-refractivity contribution in [2.45, 2.75) is 44.8 Å². The molecule has 0 bridgehead atoms. The Kier molecular flexibility index (Phi) is 5.27. The highest BCUT2D eigenvalue weighted by Crippen LogP contribution is 2.44. The van der Waals surface area contributed by atoms with Gasteiger partial charge < -0.3 is 20.3 Å². The van der Waals surface area contributed by atoms with Crippen LogP contribution in [0.1, 0.15) is 44.7 Å². The van der Waals surface area contributed by atoms with Crippen molar-refractivity contribution < 1.29 is 14.3 Å². The predicted octanol–water partition coefficient (Wildman–Crippen LogP) is 1.62. The van der Waals surface area contributed by atoms with Gasteiger partial charge in [0.1, 0.15) is 11.4 Å². The molecule has 0 aliphatic carbocycles. The van der Waals surface area contributed by atoms with E-state index in [4.69, 9.17) is 4.74 Å². The molecular weight excluding hydrogens is 318 g/mol. The Morgan fingerprint density at radius 2 is 2.00 bits per heavy atom. The molecule has 0 aromatic heterocycles. The van der Waals surface area contributed by atoms with Gasteiger partial charge in [0.15, 0.2) is 0 Å². The second kappa shape index (κ2) is 7.44. The molecular formula is C19H27N3O3. The van der Waals surface area contributed by atoms with E-state index in [2.05, 4.69) is 22.5 Å². The standard InChI is InChI=1S/C19H27N3O3/c1-3-22-10-8-19(9-11-22)12-16(21-18(24)13-20-14(2)23)15-6-4-5-7-17(15)25-19/h4-7,16H,3,8-13H2,1-2H3,(H,20,23)(H,21,24). The lowest BCUT2D eigenvalue weighted by atomic mass is 9.80. The maximum absolute atomic E-state index is 12.2. The van der Waals surface area contributed by atoms with Gasteiger partial charge in [0.2, 0.25) is 11.8 Å². The summed E-state index contributed by atoms with van der Waals surface area (Å²) in [6.45, 7) is 6.69. The van der Waals surface area contributed by atoms with Gasteiger partial charge in [-0.2, -0.15) is 0 Å². The number of ether oxygens (including phenoxy) is 1. The number of hydrogen-bond donors (Lipinski definition) is 2. The van der Waals surface area contributed by atoms with Crippen LogP contribution in [0.3, 0.4) is 0 Å². The first-order valence-corrected chi connectivity index (χ1v) is 9.05. The monoisotopic (exact) mass is 345 g/mol. The molecule has 136 valence electrons. The molecule has 1 fully saturated rings. The van der Waals surface area contributed by atoms with Gasteiger partial charge in [0, 0.05) is 32.0 Å². The van der Waals surface area contributed by atoms with E-state index in [1.54, 1.807) is 0 Å². The minimum atomic E-state index is -0.216. The topological polar surface area (TPSA) is 70.7 Å². The number of carbonyl (C=O) groups is 2. The molecule has 0 saturated carbocycles. The van der Waals surface area contributed by atoms with Crippen LogP contribution in [0, 0.1) is 0 Å². The number of fused-ring (bicyclic) bond motifs is 1. The number of piperidine rings is 1. The Morgan fingerprint density at radius 3 is 2.68 bits per heavy atom. The number of para-hydroxylation sites is 1. The molecule has 1 spiro atoms. The smallest absolute Gasteiger partial charge is 0.239 e. The van der Waals surface area contributed by atoms with Crippen LogP contribution in [-0.4, -0.2) is 48.5 Å². The molecule has 1 aromatic carbocycles. The molecule has 1 saturated heterocycles. The number of amides is 2. The second-order valence-electron chi connectivity index (χ2n) is 6.99. The maximum atomic E-state index is 12.2. The van der Waals surface area contributed by atoms with Crippen molar-refractivity contribution in [3.63, 3.8) is 0 Å². The Morgan fingerprint density at radius 1 is 1.28 bits per heavy atom. The number of nitrogens with one attached hydrogen (secondary N) is 2. The zero-order valence-electron chi connectivity index (χ0n) is 15.0. The summed E-state index contributed by atoms with van der Waals surface area (Å²) < 4.78 is 6.42.